The molecule has 17 heavy (non-hydrogen) atoms. The van der Waals surface area contributed by atoms with Crippen LogP contribution in [-0.4, -0.2) is 87.2 Å². The number of hydrogen-bond donors (Lipinski definition) is 1. The number of aliphatic hydroxyl groups excluding tert-OH is 1. The van der Waals surface area contributed by atoms with Crippen LogP contribution in [0.2, 0.25) is 0 Å². The van der Waals surface area contributed by atoms with Crippen LogP contribution < -0.4 is 0 Å². The summed E-state index contributed by atoms with van der Waals surface area (Å²) in [5.74, 6) is 0. The van der Waals surface area contributed by atoms with Crippen LogP contribution in [0, 0.1) is 0 Å². The third-order valence-electron chi connectivity index (χ3n) is 3.05. The Kier molecular flexibility index (Phi) is 7.72. The fourth-order valence-electron chi connectivity index (χ4n) is 2.08. The van der Waals surface area contributed by atoms with Crippen molar-refractivity contribution in [2.75, 3.05) is 66.2 Å². The van der Waals surface area contributed by atoms with E-state index in [-0.39, 0.29) is 6.10 Å². The number of hydrogen-bond acceptors (Lipinski definition) is 5. The number of nitrogens with zero attached hydrogens (tertiary/aromatic N) is 2. The number of aliphatic hydroxyl groups is 1. The van der Waals surface area contributed by atoms with E-state index in [2.05, 4.69) is 9.80 Å². The standard InChI is InChI=1S/C12H26N2O3/c1-3-17-9-8-13-4-6-14(7-5-13)10-12(15)11-16-2/h12,15H,3-11H2,1-2H3. The van der Waals surface area contributed by atoms with Crippen molar-refractivity contribution in [2.24, 2.45) is 0 Å². The molecule has 0 aromatic heterocycles. The van der Waals surface area contributed by atoms with E-state index in [0.29, 0.717) is 13.2 Å². The minimum Gasteiger partial charge on any atom is -0.389 e. The van der Waals surface area contributed by atoms with Gasteiger partial charge in [-0.1, -0.05) is 0 Å². The van der Waals surface area contributed by atoms with Crippen LogP contribution in [0.25, 0.3) is 0 Å². The lowest BCUT2D eigenvalue weighted by atomic mass is 10.2. The molecule has 102 valence electrons. The first-order valence-corrected chi connectivity index (χ1v) is 6.45. The van der Waals surface area contributed by atoms with E-state index in [4.69, 9.17) is 9.47 Å². The Labute approximate surface area is 104 Å². The third kappa shape index (κ3) is 6.33. The van der Waals surface area contributed by atoms with Gasteiger partial charge < -0.3 is 14.6 Å². The minimum absolute atomic E-state index is 0.366. The molecule has 1 N–H and O–H groups in total. The fourth-order valence-corrected chi connectivity index (χ4v) is 2.08. The van der Waals surface area contributed by atoms with Crippen molar-refractivity contribution in [3.05, 3.63) is 0 Å². The maximum absolute atomic E-state index is 9.64. The number of ether oxygens (including phenoxy) is 2. The highest BCUT2D eigenvalue weighted by atomic mass is 16.5. The molecule has 1 heterocycles. The van der Waals surface area contributed by atoms with Crippen molar-refractivity contribution >= 4 is 0 Å². The second-order valence-electron chi connectivity index (χ2n) is 4.45. The summed E-state index contributed by atoms with van der Waals surface area (Å²) in [4.78, 5) is 4.70. The minimum atomic E-state index is -0.366. The summed E-state index contributed by atoms with van der Waals surface area (Å²) in [6.07, 6.45) is -0.366. The first-order chi connectivity index (χ1) is 8.26. The van der Waals surface area contributed by atoms with Gasteiger partial charge in [-0.2, -0.15) is 0 Å². The molecule has 1 aliphatic heterocycles. The zero-order valence-corrected chi connectivity index (χ0v) is 11.1. The highest BCUT2D eigenvalue weighted by Gasteiger charge is 2.18. The van der Waals surface area contributed by atoms with Crippen molar-refractivity contribution in [2.45, 2.75) is 13.0 Å². The van der Waals surface area contributed by atoms with Crippen molar-refractivity contribution in [1.82, 2.24) is 9.80 Å². The van der Waals surface area contributed by atoms with Crippen LogP contribution in [-0.2, 0) is 9.47 Å². The summed E-state index contributed by atoms with van der Waals surface area (Å²) < 4.78 is 10.3. The Balaban J connectivity index is 2.08. The van der Waals surface area contributed by atoms with E-state index < -0.39 is 0 Å². The van der Waals surface area contributed by atoms with Gasteiger partial charge in [-0.25, -0.2) is 0 Å². The van der Waals surface area contributed by atoms with Crippen LogP contribution >= 0.6 is 0 Å². The second kappa shape index (κ2) is 8.83. The summed E-state index contributed by atoms with van der Waals surface area (Å²) in [7, 11) is 1.62. The monoisotopic (exact) mass is 246 g/mol. The summed E-state index contributed by atoms with van der Waals surface area (Å²) in [6, 6.07) is 0. The molecule has 1 rings (SSSR count). The molecule has 0 radical (unpaired) electrons. The lowest BCUT2D eigenvalue weighted by molar-refractivity contribution is 0.0197. The van der Waals surface area contributed by atoms with Gasteiger partial charge in [0.15, 0.2) is 0 Å². The van der Waals surface area contributed by atoms with Gasteiger partial charge in [0.05, 0.1) is 19.3 Å². The van der Waals surface area contributed by atoms with Crippen LogP contribution in [0.1, 0.15) is 6.92 Å². The molecule has 1 aliphatic rings. The zero-order chi connectivity index (χ0) is 12.5. The van der Waals surface area contributed by atoms with Gasteiger partial charge in [0, 0.05) is 53.0 Å². The number of rotatable bonds is 8. The van der Waals surface area contributed by atoms with Crippen molar-refractivity contribution in [3.8, 4) is 0 Å². The van der Waals surface area contributed by atoms with Gasteiger partial charge in [-0.15, -0.1) is 0 Å². The lowest BCUT2D eigenvalue weighted by Crippen LogP contribution is -2.49. The number of methoxy groups -OCH3 is 1. The van der Waals surface area contributed by atoms with Gasteiger partial charge in [0.25, 0.3) is 0 Å². The average Bonchev–Trinajstić information content (AvgIpc) is 2.32. The van der Waals surface area contributed by atoms with Gasteiger partial charge in [-0.3, -0.25) is 9.80 Å². The highest BCUT2D eigenvalue weighted by Crippen LogP contribution is 2.02. The largest absolute Gasteiger partial charge is 0.389 e. The summed E-state index contributed by atoms with van der Waals surface area (Å²) in [5, 5.41) is 9.64. The predicted octanol–water partition coefficient (Wildman–Crippen LogP) is -0.352. The van der Waals surface area contributed by atoms with Crippen molar-refractivity contribution in [1.29, 1.82) is 0 Å². The molecular formula is C12H26N2O3. The zero-order valence-electron chi connectivity index (χ0n) is 11.1. The Morgan fingerprint density at radius 3 is 2.41 bits per heavy atom. The molecule has 0 spiro atoms. The molecule has 0 saturated carbocycles. The maximum Gasteiger partial charge on any atom is 0.0900 e. The molecule has 5 heteroatoms. The number of piperazine rings is 1. The van der Waals surface area contributed by atoms with Gasteiger partial charge in [0.1, 0.15) is 0 Å². The SMILES string of the molecule is CCOCCN1CCN(CC(O)COC)CC1. The van der Waals surface area contributed by atoms with E-state index in [0.717, 1.165) is 45.9 Å². The molecule has 1 saturated heterocycles. The average molecular weight is 246 g/mol. The molecule has 0 bridgehead atoms. The first kappa shape index (κ1) is 14.9. The Hall–Kier alpha value is -0.200. The Bertz CT molecular complexity index is 185. The Morgan fingerprint density at radius 2 is 1.82 bits per heavy atom. The summed E-state index contributed by atoms with van der Waals surface area (Å²) >= 11 is 0. The molecule has 5 nitrogen and oxygen atoms in total. The second-order valence-corrected chi connectivity index (χ2v) is 4.45. The maximum atomic E-state index is 9.64. The third-order valence-corrected chi connectivity index (χ3v) is 3.05. The van der Waals surface area contributed by atoms with Gasteiger partial charge >= 0.3 is 0 Å². The van der Waals surface area contributed by atoms with Crippen molar-refractivity contribution < 1.29 is 14.6 Å². The predicted molar refractivity (Wildman–Crippen MR) is 67.3 cm³/mol. The van der Waals surface area contributed by atoms with E-state index in [1.807, 2.05) is 6.92 Å². The van der Waals surface area contributed by atoms with E-state index >= 15 is 0 Å². The lowest BCUT2D eigenvalue weighted by Gasteiger charge is -2.35. The normalized spacial score (nSPS) is 20.6. The molecular weight excluding hydrogens is 220 g/mol. The number of β-amino-alcohol motifs (C(OH)–C–C–N with tert-alkyl or cyclic N) is 1. The highest BCUT2D eigenvalue weighted by molar-refractivity contribution is 4.73. The van der Waals surface area contributed by atoms with E-state index in [1.54, 1.807) is 7.11 Å². The first-order valence-electron chi connectivity index (χ1n) is 6.45. The smallest absolute Gasteiger partial charge is 0.0900 e. The summed E-state index contributed by atoms with van der Waals surface area (Å²) in [5.41, 5.74) is 0. The van der Waals surface area contributed by atoms with Crippen LogP contribution in [0.15, 0.2) is 0 Å². The van der Waals surface area contributed by atoms with Crippen LogP contribution in [0.4, 0.5) is 0 Å². The molecule has 1 unspecified atom stereocenters. The molecule has 1 atom stereocenters. The fraction of sp³-hybridized carbons (Fsp3) is 1.00. The van der Waals surface area contributed by atoms with Crippen molar-refractivity contribution in [3.63, 3.8) is 0 Å². The quantitative estimate of drug-likeness (QED) is 0.593. The van der Waals surface area contributed by atoms with Gasteiger partial charge in [0.2, 0.25) is 0 Å². The topological polar surface area (TPSA) is 45.2 Å². The van der Waals surface area contributed by atoms with E-state index in [1.165, 1.54) is 0 Å². The Morgan fingerprint density at radius 1 is 1.18 bits per heavy atom. The van der Waals surface area contributed by atoms with Gasteiger partial charge in [-0.05, 0) is 6.92 Å². The van der Waals surface area contributed by atoms with Crippen LogP contribution in [0.5, 0.6) is 0 Å². The molecule has 0 aliphatic carbocycles. The van der Waals surface area contributed by atoms with E-state index in [9.17, 15) is 5.11 Å². The molecule has 0 amide bonds. The molecule has 1 fully saturated rings. The summed E-state index contributed by atoms with van der Waals surface area (Å²) in [6.45, 7) is 9.96. The molecule has 0 aromatic carbocycles. The molecule has 0 aromatic rings. The van der Waals surface area contributed by atoms with Crippen LogP contribution in [0.3, 0.4) is 0 Å².